The van der Waals surface area contributed by atoms with E-state index >= 15 is 0 Å². The Morgan fingerprint density at radius 3 is 1.88 bits per heavy atom. The number of rotatable bonds is 2. The van der Waals surface area contributed by atoms with Gasteiger partial charge in [-0.25, -0.2) is 0 Å². The third kappa shape index (κ3) is 2.10. The SMILES string of the molecule is Cc1cc(C)cc(C(C)(O)C(C)(C)C#N)c1. The van der Waals surface area contributed by atoms with Crippen molar-refractivity contribution in [3.05, 3.63) is 34.9 Å². The lowest BCUT2D eigenvalue weighted by atomic mass is 9.72. The van der Waals surface area contributed by atoms with Crippen molar-refractivity contribution in [2.75, 3.05) is 0 Å². The van der Waals surface area contributed by atoms with Gasteiger partial charge in [0.2, 0.25) is 0 Å². The first-order chi connectivity index (χ1) is 7.20. The molecule has 1 rings (SSSR count). The quantitative estimate of drug-likeness (QED) is 0.827. The van der Waals surface area contributed by atoms with Crippen molar-refractivity contribution in [1.29, 1.82) is 5.26 Å². The molecule has 1 unspecified atom stereocenters. The monoisotopic (exact) mass is 217 g/mol. The fraction of sp³-hybridized carbons (Fsp3) is 0.500. The summed E-state index contributed by atoms with van der Waals surface area (Å²) in [5, 5.41) is 19.7. The van der Waals surface area contributed by atoms with E-state index in [0.717, 1.165) is 16.7 Å². The summed E-state index contributed by atoms with van der Waals surface area (Å²) in [6, 6.07) is 8.10. The van der Waals surface area contributed by atoms with Crippen LogP contribution in [0.3, 0.4) is 0 Å². The summed E-state index contributed by atoms with van der Waals surface area (Å²) in [4.78, 5) is 0. The molecule has 0 radical (unpaired) electrons. The topological polar surface area (TPSA) is 44.0 Å². The van der Waals surface area contributed by atoms with Crippen LogP contribution in [0.4, 0.5) is 0 Å². The predicted octanol–water partition coefficient (Wildman–Crippen LogP) is 3.06. The Kier molecular flexibility index (Phi) is 3.12. The predicted molar refractivity (Wildman–Crippen MR) is 64.9 cm³/mol. The van der Waals surface area contributed by atoms with Crippen LogP contribution >= 0.6 is 0 Å². The maximum Gasteiger partial charge on any atom is 0.105 e. The molecule has 0 aromatic heterocycles. The van der Waals surface area contributed by atoms with E-state index in [2.05, 4.69) is 12.1 Å². The standard InChI is InChI=1S/C14H19NO/c1-10-6-11(2)8-12(7-10)14(5,16)13(3,4)9-15/h6-8,16H,1-5H3. The maximum atomic E-state index is 10.5. The number of aryl methyl sites for hydroxylation is 2. The van der Waals surface area contributed by atoms with Gasteiger partial charge in [0, 0.05) is 0 Å². The van der Waals surface area contributed by atoms with E-state index in [9.17, 15) is 5.11 Å². The molecular formula is C14H19NO. The van der Waals surface area contributed by atoms with Gasteiger partial charge in [-0.05, 0) is 40.2 Å². The Morgan fingerprint density at radius 2 is 1.50 bits per heavy atom. The first kappa shape index (κ1) is 12.7. The molecule has 2 heteroatoms. The minimum absolute atomic E-state index is 0.802. The maximum absolute atomic E-state index is 10.5. The average molecular weight is 217 g/mol. The first-order valence-electron chi connectivity index (χ1n) is 5.43. The summed E-state index contributed by atoms with van der Waals surface area (Å²) in [5.74, 6) is 0. The number of hydrogen-bond donors (Lipinski definition) is 1. The van der Waals surface area contributed by atoms with Crippen LogP contribution in [0.25, 0.3) is 0 Å². The molecule has 0 fully saturated rings. The second-order valence-electron chi connectivity index (χ2n) is 5.19. The number of hydrogen-bond acceptors (Lipinski definition) is 2. The van der Waals surface area contributed by atoms with E-state index in [-0.39, 0.29) is 0 Å². The smallest absolute Gasteiger partial charge is 0.105 e. The number of nitrogens with zero attached hydrogens (tertiary/aromatic N) is 1. The van der Waals surface area contributed by atoms with Crippen molar-refractivity contribution in [3.8, 4) is 6.07 Å². The summed E-state index contributed by atoms with van der Waals surface area (Å²) in [6.45, 7) is 9.19. The van der Waals surface area contributed by atoms with Crippen molar-refractivity contribution in [2.45, 2.75) is 40.2 Å². The molecule has 1 atom stereocenters. The van der Waals surface area contributed by atoms with Crippen LogP contribution in [0.2, 0.25) is 0 Å². The molecule has 16 heavy (non-hydrogen) atoms. The molecule has 0 aliphatic rings. The normalized spacial score (nSPS) is 15.3. The Morgan fingerprint density at radius 1 is 1.06 bits per heavy atom. The number of nitriles is 1. The highest BCUT2D eigenvalue weighted by Crippen LogP contribution is 2.39. The Hall–Kier alpha value is -1.33. The van der Waals surface area contributed by atoms with E-state index in [1.807, 2.05) is 26.0 Å². The van der Waals surface area contributed by atoms with Gasteiger partial charge in [-0.1, -0.05) is 29.3 Å². The van der Waals surface area contributed by atoms with E-state index in [1.165, 1.54) is 0 Å². The third-order valence-corrected chi connectivity index (χ3v) is 3.28. The van der Waals surface area contributed by atoms with Gasteiger partial charge < -0.3 is 5.11 Å². The zero-order valence-electron chi connectivity index (χ0n) is 10.6. The van der Waals surface area contributed by atoms with Crippen LogP contribution in [0, 0.1) is 30.6 Å². The van der Waals surface area contributed by atoms with Crippen LogP contribution in [0.15, 0.2) is 18.2 Å². The van der Waals surface area contributed by atoms with Gasteiger partial charge in [-0.3, -0.25) is 0 Å². The Bertz CT molecular complexity index is 418. The van der Waals surface area contributed by atoms with Gasteiger partial charge >= 0.3 is 0 Å². The molecule has 1 N–H and O–H groups in total. The summed E-state index contributed by atoms with van der Waals surface area (Å²) < 4.78 is 0. The van der Waals surface area contributed by atoms with Crippen molar-refractivity contribution >= 4 is 0 Å². The minimum atomic E-state index is -1.14. The van der Waals surface area contributed by atoms with E-state index in [4.69, 9.17) is 5.26 Å². The molecule has 1 aromatic rings. The molecule has 2 nitrogen and oxygen atoms in total. The Labute approximate surface area is 97.5 Å². The third-order valence-electron chi connectivity index (χ3n) is 3.28. The molecule has 1 aromatic carbocycles. The molecule has 0 amide bonds. The zero-order valence-corrected chi connectivity index (χ0v) is 10.6. The highest BCUT2D eigenvalue weighted by Gasteiger charge is 2.41. The minimum Gasteiger partial charge on any atom is -0.384 e. The van der Waals surface area contributed by atoms with Crippen molar-refractivity contribution in [2.24, 2.45) is 5.41 Å². The van der Waals surface area contributed by atoms with Crippen molar-refractivity contribution in [1.82, 2.24) is 0 Å². The van der Waals surface area contributed by atoms with E-state index in [1.54, 1.807) is 20.8 Å². The molecule has 86 valence electrons. The highest BCUT2D eigenvalue weighted by atomic mass is 16.3. The lowest BCUT2D eigenvalue weighted by Gasteiger charge is -2.35. The lowest BCUT2D eigenvalue weighted by molar-refractivity contribution is -0.0268. The van der Waals surface area contributed by atoms with E-state index in [0.29, 0.717) is 0 Å². The van der Waals surface area contributed by atoms with Gasteiger partial charge in [0.15, 0.2) is 0 Å². The molecule has 0 aliphatic heterocycles. The Balaban J connectivity index is 3.33. The molecule has 0 heterocycles. The van der Waals surface area contributed by atoms with Crippen LogP contribution in [0.1, 0.15) is 37.5 Å². The van der Waals surface area contributed by atoms with Crippen LogP contribution in [-0.4, -0.2) is 5.11 Å². The second kappa shape index (κ2) is 3.92. The lowest BCUT2D eigenvalue weighted by Crippen LogP contribution is -2.38. The van der Waals surface area contributed by atoms with Crippen LogP contribution in [-0.2, 0) is 5.60 Å². The van der Waals surface area contributed by atoms with Crippen LogP contribution < -0.4 is 0 Å². The molecular weight excluding hydrogens is 198 g/mol. The highest BCUT2D eigenvalue weighted by molar-refractivity contribution is 5.34. The van der Waals surface area contributed by atoms with Crippen LogP contribution in [0.5, 0.6) is 0 Å². The molecule has 0 bridgehead atoms. The van der Waals surface area contributed by atoms with Gasteiger partial charge in [-0.2, -0.15) is 5.26 Å². The largest absolute Gasteiger partial charge is 0.384 e. The summed E-state index contributed by atoms with van der Waals surface area (Å²) in [5.41, 5.74) is 1.05. The summed E-state index contributed by atoms with van der Waals surface area (Å²) >= 11 is 0. The van der Waals surface area contributed by atoms with E-state index < -0.39 is 11.0 Å². The molecule has 0 aliphatic carbocycles. The summed E-state index contributed by atoms with van der Waals surface area (Å²) in [6.07, 6.45) is 0. The second-order valence-corrected chi connectivity index (χ2v) is 5.19. The first-order valence-corrected chi connectivity index (χ1v) is 5.43. The molecule has 0 spiro atoms. The van der Waals surface area contributed by atoms with Gasteiger partial charge in [0.1, 0.15) is 5.60 Å². The number of benzene rings is 1. The van der Waals surface area contributed by atoms with Crippen molar-refractivity contribution < 1.29 is 5.11 Å². The average Bonchev–Trinajstić information content (AvgIpc) is 2.16. The van der Waals surface area contributed by atoms with Gasteiger partial charge in [0.25, 0.3) is 0 Å². The summed E-state index contributed by atoms with van der Waals surface area (Å²) in [7, 11) is 0. The van der Waals surface area contributed by atoms with Gasteiger partial charge in [-0.15, -0.1) is 0 Å². The fourth-order valence-corrected chi connectivity index (χ4v) is 1.73. The molecule has 0 saturated carbocycles. The van der Waals surface area contributed by atoms with Crippen molar-refractivity contribution in [3.63, 3.8) is 0 Å². The zero-order chi connectivity index (χ0) is 12.6. The fourth-order valence-electron chi connectivity index (χ4n) is 1.73. The molecule has 0 saturated heterocycles. The number of aliphatic hydroxyl groups is 1. The van der Waals surface area contributed by atoms with Gasteiger partial charge in [0.05, 0.1) is 11.5 Å².